The highest BCUT2D eigenvalue weighted by atomic mass is 16.2. The second-order valence-electron chi connectivity index (χ2n) is 6.78. The fourth-order valence-electron chi connectivity index (χ4n) is 4.26. The van der Waals surface area contributed by atoms with Gasteiger partial charge in [-0.1, -0.05) is 12.8 Å². The minimum absolute atomic E-state index is 0.435. The summed E-state index contributed by atoms with van der Waals surface area (Å²) in [6, 6.07) is 0.743. The van der Waals surface area contributed by atoms with Crippen LogP contribution in [0.25, 0.3) is 0 Å². The molecule has 0 spiro atoms. The summed E-state index contributed by atoms with van der Waals surface area (Å²) in [4.78, 5) is 14.4. The van der Waals surface area contributed by atoms with Gasteiger partial charge in [0.15, 0.2) is 0 Å². The van der Waals surface area contributed by atoms with Gasteiger partial charge in [-0.05, 0) is 56.9 Å². The van der Waals surface area contributed by atoms with Crippen molar-refractivity contribution in [2.45, 2.75) is 63.8 Å². The first-order chi connectivity index (χ1) is 9.33. The number of rotatable bonds is 3. The molecule has 2 aliphatic heterocycles. The van der Waals surface area contributed by atoms with Crippen LogP contribution >= 0.6 is 0 Å². The second kappa shape index (κ2) is 6.25. The monoisotopic (exact) mass is 264 g/mol. The van der Waals surface area contributed by atoms with Crippen LogP contribution in [0.1, 0.15) is 57.8 Å². The summed E-state index contributed by atoms with van der Waals surface area (Å²) in [5.41, 5.74) is 0. The molecule has 3 heteroatoms. The number of carbonyl (C=O) groups is 1. The van der Waals surface area contributed by atoms with E-state index < -0.39 is 0 Å². The molecule has 3 fully saturated rings. The molecule has 3 aliphatic rings. The number of piperidine rings is 1. The smallest absolute Gasteiger partial charge is 0.222 e. The predicted octanol–water partition coefficient (Wildman–Crippen LogP) is 2.56. The summed E-state index contributed by atoms with van der Waals surface area (Å²) >= 11 is 0. The van der Waals surface area contributed by atoms with Gasteiger partial charge < -0.3 is 10.2 Å². The van der Waals surface area contributed by atoms with E-state index in [4.69, 9.17) is 0 Å². The van der Waals surface area contributed by atoms with Crippen LogP contribution in [0.3, 0.4) is 0 Å². The summed E-state index contributed by atoms with van der Waals surface area (Å²) in [6.07, 6.45) is 11.2. The highest BCUT2D eigenvalue weighted by molar-refractivity contribution is 5.76. The normalized spacial score (nSPS) is 30.1. The first-order valence-corrected chi connectivity index (χ1v) is 8.34. The molecule has 3 rings (SSSR count). The van der Waals surface area contributed by atoms with E-state index in [1.165, 1.54) is 57.9 Å². The summed E-state index contributed by atoms with van der Waals surface area (Å²) in [6.45, 7) is 3.22. The third-order valence-electron chi connectivity index (χ3n) is 5.50. The van der Waals surface area contributed by atoms with Gasteiger partial charge in [0.25, 0.3) is 0 Å². The van der Waals surface area contributed by atoms with E-state index >= 15 is 0 Å². The van der Waals surface area contributed by atoms with Crippen LogP contribution in [0.2, 0.25) is 0 Å². The van der Waals surface area contributed by atoms with Gasteiger partial charge >= 0.3 is 0 Å². The molecular formula is C16H28N2O. The molecule has 19 heavy (non-hydrogen) atoms. The Morgan fingerprint density at radius 3 is 2.37 bits per heavy atom. The molecule has 3 nitrogen and oxygen atoms in total. The van der Waals surface area contributed by atoms with Crippen molar-refractivity contribution >= 4 is 5.91 Å². The largest absolute Gasteiger partial charge is 0.343 e. The maximum absolute atomic E-state index is 12.3. The van der Waals surface area contributed by atoms with Crippen molar-refractivity contribution < 1.29 is 4.79 Å². The van der Waals surface area contributed by atoms with Crippen LogP contribution in [0, 0.1) is 11.8 Å². The lowest BCUT2D eigenvalue weighted by molar-refractivity contribution is -0.133. The molecule has 2 heterocycles. The zero-order chi connectivity index (χ0) is 13.1. The maximum Gasteiger partial charge on any atom is 0.222 e. The standard InChI is InChI=1S/C16H28N2O/c19-16(12-13-4-1-2-5-13)18-10-7-14(8-11-18)15-6-3-9-17-15/h13-15,17H,1-12H2. The van der Waals surface area contributed by atoms with Crippen molar-refractivity contribution in [2.24, 2.45) is 11.8 Å². The maximum atomic E-state index is 12.3. The number of carbonyl (C=O) groups excluding carboxylic acids is 1. The molecular weight excluding hydrogens is 236 g/mol. The Morgan fingerprint density at radius 2 is 1.74 bits per heavy atom. The van der Waals surface area contributed by atoms with E-state index in [2.05, 4.69) is 10.2 Å². The summed E-state index contributed by atoms with van der Waals surface area (Å²) in [7, 11) is 0. The van der Waals surface area contributed by atoms with Crippen LogP contribution in [0.15, 0.2) is 0 Å². The number of nitrogens with zero attached hydrogens (tertiary/aromatic N) is 1. The molecule has 0 radical (unpaired) electrons. The van der Waals surface area contributed by atoms with Crippen molar-refractivity contribution in [1.82, 2.24) is 10.2 Å². The lowest BCUT2D eigenvalue weighted by atomic mass is 9.88. The fourth-order valence-corrected chi connectivity index (χ4v) is 4.26. The molecule has 1 saturated carbocycles. The topological polar surface area (TPSA) is 32.3 Å². The number of nitrogens with one attached hydrogen (secondary N) is 1. The molecule has 0 aromatic carbocycles. The third-order valence-corrected chi connectivity index (χ3v) is 5.50. The number of hydrogen-bond acceptors (Lipinski definition) is 2. The number of likely N-dealkylation sites (tertiary alicyclic amines) is 1. The van der Waals surface area contributed by atoms with Gasteiger partial charge in [0, 0.05) is 25.6 Å². The van der Waals surface area contributed by atoms with Gasteiger partial charge in [0.2, 0.25) is 5.91 Å². The number of hydrogen-bond donors (Lipinski definition) is 1. The van der Waals surface area contributed by atoms with E-state index in [0.29, 0.717) is 11.8 Å². The second-order valence-corrected chi connectivity index (χ2v) is 6.78. The molecule has 1 aliphatic carbocycles. The van der Waals surface area contributed by atoms with Gasteiger partial charge in [-0.15, -0.1) is 0 Å². The molecule has 1 unspecified atom stereocenters. The number of amides is 1. The molecule has 1 amide bonds. The summed E-state index contributed by atoms with van der Waals surface area (Å²) in [5, 5.41) is 3.63. The Hall–Kier alpha value is -0.570. The molecule has 0 aromatic heterocycles. The molecule has 2 saturated heterocycles. The van der Waals surface area contributed by atoms with Gasteiger partial charge in [-0.25, -0.2) is 0 Å². The van der Waals surface area contributed by atoms with E-state index in [1.54, 1.807) is 0 Å². The Kier molecular flexibility index (Phi) is 4.42. The molecule has 1 N–H and O–H groups in total. The molecule has 1 atom stereocenters. The highest BCUT2D eigenvalue weighted by Gasteiger charge is 2.30. The van der Waals surface area contributed by atoms with Crippen molar-refractivity contribution in [3.05, 3.63) is 0 Å². The Bertz CT molecular complexity index is 298. The van der Waals surface area contributed by atoms with Crippen molar-refractivity contribution in [2.75, 3.05) is 19.6 Å². The lowest BCUT2D eigenvalue weighted by Crippen LogP contribution is -2.43. The van der Waals surface area contributed by atoms with E-state index in [0.717, 1.165) is 31.5 Å². The van der Waals surface area contributed by atoms with Gasteiger partial charge in [0.05, 0.1) is 0 Å². The van der Waals surface area contributed by atoms with E-state index in [1.807, 2.05) is 0 Å². The Morgan fingerprint density at radius 1 is 1.00 bits per heavy atom. The first-order valence-electron chi connectivity index (χ1n) is 8.34. The van der Waals surface area contributed by atoms with Crippen LogP contribution in [0.4, 0.5) is 0 Å². The van der Waals surface area contributed by atoms with E-state index in [-0.39, 0.29) is 0 Å². The van der Waals surface area contributed by atoms with Crippen LogP contribution in [-0.4, -0.2) is 36.5 Å². The highest BCUT2D eigenvalue weighted by Crippen LogP contribution is 2.30. The SMILES string of the molecule is O=C(CC1CCCC1)N1CCC(C2CCCN2)CC1. The average Bonchev–Trinajstić information content (AvgIpc) is 3.12. The first kappa shape index (κ1) is 13.4. The Labute approximate surface area is 117 Å². The lowest BCUT2D eigenvalue weighted by Gasteiger charge is -2.35. The van der Waals surface area contributed by atoms with Gasteiger partial charge in [-0.2, -0.15) is 0 Å². The minimum atomic E-state index is 0.435. The van der Waals surface area contributed by atoms with Crippen LogP contribution < -0.4 is 5.32 Å². The Balaban J connectivity index is 1.42. The van der Waals surface area contributed by atoms with Crippen molar-refractivity contribution in [3.63, 3.8) is 0 Å². The van der Waals surface area contributed by atoms with Crippen molar-refractivity contribution in [1.29, 1.82) is 0 Å². The molecule has 0 bridgehead atoms. The summed E-state index contributed by atoms with van der Waals surface area (Å²) in [5.74, 6) is 1.95. The third kappa shape index (κ3) is 3.31. The van der Waals surface area contributed by atoms with Crippen LogP contribution in [0.5, 0.6) is 0 Å². The van der Waals surface area contributed by atoms with Crippen LogP contribution in [-0.2, 0) is 4.79 Å². The molecule has 0 aromatic rings. The summed E-state index contributed by atoms with van der Waals surface area (Å²) < 4.78 is 0. The van der Waals surface area contributed by atoms with E-state index in [9.17, 15) is 4.79 Å². The minimum Gasteiger partial charge on any atom is -0.343 e. The predicted molar refractivity (Wildman–Crippen MR) is 76.9 cm³/mol. The van der Waals surface area contributed by atoms with Gasteiger partial charge in [0.1, 0.15) is 0 Å². The zero-order valence-electron chi connectivity index (χ0n) is 12.1. The van der Waals surface area contributed by atoms with Crippen molar-refractivity contribution in [3.8, 4) is 0 Å². The molecule has 108 valence electrons. The fraction of sp³-hybridized carbons (Fsp3) is 0.938. The average molecular weight is 264 g/mol. The zero-order valence-corrected chi connectivity index (χ0v) is 12.1. The quantitative estimate of drug-likeness (QED) is 0.849. The van der Waals surface area contributed by atoms with Gasteiger partial charge in [-0.3, -0.25) is 4.79 Å².